The number of ether oxygens (including phenoxy) is 2. The predicted octanol–water partition coefficient (Wildman–Crippen LogP) is 0.625. The first-order valence-corrected chi connectivity index (χ1v) is 8.28. The Morgan fingerprint density at radius 3 is 3.04 bits per heavy atom. The third kappa shape index (κ3) is 3.53. The van der Waals surface area contributed by atoms with Crippen molar-refractivity contribution in [2.24, 2.45) is 0 Å². The molecule has 25 heavy (non-hydrogen) atoms. The molecule has 1 aliphatic heterocycles. The summed E-state index contributed by atoms with van der Waals surface area (Å²) in [6.45, 7) is 2.31. The highest BCUT2D eigenvalue weighted by molar-refractivity contribution is 6.33. The SMILES string of the molecule is Nc1nc(Cl)c2n[nH][n+](Cc3cccc(COC4CCOC4)n3)c2n1. The van der Waals surface area contributed by atoms with Gasteiger partial charge in [-0.15, -0.1) is 5.21 Å². The number of nitrogens with two attached hydrogens (primary N) is 1. The molecule has 4 heterocycles. The lowest BCUT2D eigenvalue weighted by molar-refractivity contribution is -0.724. The van der Waals surface area contributed by atoms with Gasteiger partial charge in [0.15, 0.2) is 5.15 Å². The minimum atomic E-state index is 0.0987. The zero-order valence-electron chi connectivity index (χ0n) is 13.4. The normalized spacial score (nSPS) is 17.4. The molecule has 4 rings (SSSR count). The van der Waals surface area contributed by atoms with Crippen LogP contribution in [0, 0.1) is 0 Å². The Labute approximate surface area is 148 Å². The maximum atomic E-state index is 6.04. The molecule has 3 aromatic heterocycles. The van der Waals surface area contributed by atoms with E-state index < -0.39 is 0 Å². The number of nitrogens with one attached hydrogen (secondary N) is 1. The van der Waals surface area contributed by atoms with Crippen LogP contribution in [0.4, 0.5) is 5.95 Å². The summed E-state index contributed by atoms with van der Waals surface area (Å²) < 4.78 is 12.8. The molecule has 1 atom stereocenters. The van der Waals surface area contributed by atoms with Gasteiger partial charge in [-0.25, -0.2) is 0 Å². The summed E-state index contributed by atoms with van der Waals surface area (Å²) in [5, 5.41) is 7.20. The lowest BCUT2D eigenvalue weighted by atomic mass is 10.3. The fourth-order valence-electron chi connectivity index (χ4n) is 2.69. The molecule has 0 amide bonds. The number of halogens is 1. The molecule has 0 aromatic carbocycles. The van der Waals surface area contributed by atoms with Gasteiger partial charge in [-0.05, 0) is 23.7 Å². The number of fused-ring (bicyclic) bond motifs is 1. The zero-order valence-corrected chi connectivity index (χ0v) is 14.1. The zero-order chi connectivity index (χ0) is 17.2. The molecule has 0 aliphatic carbocycles. The summed E-state index contributed by atoms with van der Waals surface area (Å²) in [4.78, 5) is 12.7. The topological polar surface area (TPSA) is 116 Å². The average molecular weight is 363 g/mol. The van der Waals surface area contributed by atoms with Crippen molar-refractivity contribution in [2.75, 3.05) is 18.9 Å². The Balaban J connectivity index is 1.52. The molecule has 0 saturated carbocycles. The van der Waals surface area contributed by atoms with Crippen molar-refractivity contribution in [2.45, 2.75) is 25.7 Å². The van der Waals surface area contributed by atoms with Crippen LogP contribution in [0.1, 0.15) is 17.8 Å². The van der Waals surface area contributed by atoms with Crippen molar-refractivity contribution in [1.29, 1.82) is 0 Å². The molecule has 0 bridgehead atoms. The Hall–Kier alpha value is -2.36. The first-order chi connectivity index (χ1) is 12.2. The van der Waals surface area contributed by atoms with Crippen molar-refractivity contribution in [3.05, 3.63) is 34.7 Å². The largest absolute Gasteiger partial charge is 0.379 e. The molecule has 3 N–H and O–H groups in total. The summed E-state index contributed by atoms with van der Waals surface area (Å²) in [7, 11) is 0. The van der Waals surface area contributed by atoms with Crippen LogP contribution in [0.3, 0.4) is 0 Å². The van der Waals surface area contributed by atoms with E-state index in [1.807, 2.05) is 18.2 Å². The lowest BCUT2D eigenvalue weighted by Gasteiger charge is -2.09. The Kier molecular flexibility index (Phi) is 4.43. The van der Waals surface area contributed by atoms with Crippen molar-refractivity contribution in [3.63, 3.8) is 0 Å². The number of aromatic nitrogens is 6. The fraction of sp³-hybridized carbons (Fsp3) is 0.400. The van der Waals surface area contributed by atoms with Gasteiger partial charge in [-0.3, -0.25) is 4.98 Å². The molecular formula is C15H17ClN7O2+. The second kappa shape index (κ2) is 6.87. The van der Waals surface area contributed by atoms with Crippen molar-refractivity contribution in [1.82, 2.24) is 25.3 Å². The molecule has 9 nitrogen and oxygen atoms in total. The summed E-state index contributed by atoms with van der Waals surface area (Å²) >= 11 is 6.04. The van der Waals surface area contributed by atoms with E-state index in [0.717, 1.165) is 24.4 Å². The minimum absolute atomic E-state index is 0.0987. The number of aromatic amines is 1. The fourth-order valence-corrected chi connectivity index (χ4v) is 2.91. The van der Waals surface area contributed by atoms with Gasteiger partial charge in [-0.2, -0.15) is 9.67 Å². The Morgan fingerprint density at radius 2 is 2.20 bits per heavy atom. The minimum Gasteiger partial charge on any atom is -0.379 e. The Bertz CT molecular complexity index is 895. The number of hydrogen-bond donors (Lipinski definition) is 2. The number of pyridine rings is 1. The summed E-state index contributed by atoms with van der Waals surface area (Å²) in [5.41, 5.74) is 8.37. The van der Waals surface area contributed by atoms with Gasteiger partial charge in [0.25, 0.3) is 11.5 Å². The highest BCUT2D eigenvalue weighted by Gasteiger charge is 2.21. The van der Waals surface area contributed by atoms with Crippen LogP contribution < -0.4 is 10.4 Å². The Morgan fingerprint density at radius 1 is 1.32 bits per heavy atom. The van der Waals surface area contributed by atoms with Crippen molar-refractivity contribution < 1.29 is 14.2 Å². The van der Waals surface area contributed by atoms with E-state index in [4.69, 9.17) is 26.8 Å². The second-order valence-corrected chi connectivity index (χ2v) is 6.12. The second-order valence-electron chi connectivity index (χ2n) is 5.76. The molecule has 1 unspecified atom stereocenters. The standard InChI is InChI=1S/C15H16ClN7O2/c16-13-12-14(20-15(17)19-13)23(22-21-12)6-9-2-1-3-10(18-9)7-25-11-4-5-24-8-11/h1-3,11H,4-8H2,(H2,17,19,20,22)/p+1. The lowest BCUT2D eigenvalue weighted by Crippen LogP contribution is -2.38. The molecule has 1 saturated heterocycles. The van der Waals surface area contributed by atoms with Gasteiger partial charge in [0.2, 0.25) is 0 Å². The van der Waals surface area contributed by atoms with Crippen LogP contribution in [0.25, 0.3) is 11.2 Å². The van der Waals surface area contributed by atoms with E-state index in [0.29, 0.717) is 30.9 Å². The summed E-state index contributed by atoms with van der Waals surface area (Å²) in [5.74, 6) is 0.0987. The van der Waals surface area contributed by atoms with Crippen molar-refractivity contribution >= 4 is 28.7 Å². The summed E-state index contributed by atoms with van der Waals surface area (Å²) in [6.07, 6.45) is 1.08. The van der Waals surface area contributed by atoms with Crippen LogP contribution >= 0.6 is 11.6 Å². The highest BCUT2D eigenvalue weighted by atomic mass is 35.5. The maximum absolute atomic E-state index is 6.04. The first-order valence-electron chi connectivity index (χ1n) is 7.90. The summed E-state index contributed by atoms with van der Waals surface area (Å²) in [6, 6.07) is 5.81. The molecular weight excluding hydrogens is 346 g/mol. The molecule has 0 spiro atoms. The molecule has 1 aliphatic rings. The number of nitrogen functional groups attached to an aromatic ring is 1. The van der Waals surface area contributed by atoms with E-state index in [2.05, 4.69) is 25.3 Å². The van der Waals surface area contributed by atoms with Gasteiger partial charge in [-0.1, -0.05) is 22.7 Å². The van der Waals surface area contributed by atoms with Crippen LogP contribution in [0.5, 0.6) is 0 Å². The van der Waals surface area contributed by atoms with Gasteiger partial charge in [0.05, 0.1) is 30.7 Å². The van der Waals surface area contributed by atoms with Crippen LogP contribution in [-0.2, 0) is 22.6 Å². The average Bonchev–Trinajstić information content (AvgIpc) is 3.24. The van der Waals surface area contributed by atoms with Crippen LogP contribution in [-0.4, -0.2) is 44.6 Å². The number of H-pyrrole nitrogens is 1. The predicted molar refractivity (Wildman–Crippen MR) is 88.7 cm³/mol. The number of rotatable bonds is 5. The molecule has 0 radical (unpaired) electrons. The number of hydrogen-bond acceptors (Lipinski definition) is 7. The van der Waals surface area contributed by atoms with Gasteiger partial charge in [0.1, 0.15) is 6.54 Å². The molecule has 130 valence electrons. The molecule has 10 heteroatoms. The molecule has 1 fully saturated rings. The van der Waals surface area contributed by atoms with Crippen molar-refractivity contribution in [3.8, 4) is 0 Å². The third-order valence-corrected chi connectivity index (χ3v) is 4.18. The monoisotopic (exact) mass is 362 g/mol. The third-order valence-electron chi connectivity index (χ3n) is 3.92. The quantitative estimate of drug-likeness (QED) is 0.505. The van der Waals surface area contributed by atoms with Gasteiger partial charge < -0.3 is 15.2 Å². The number of anilines is 1. The maximum Gasteiger partial charge on any atom is 0.332 e. The first kappa shape index (κ1) is 16.1. The van der Waals surface area contributed by atoms with E-state index in [1.54, 1.807) is 4.68 Å². The van der Waals surface area contributed by atoms with Gasteiger partial charge >= 0.3 is 5.65 Å². The number of nitrogens with zero attached hydrogens (tertiary/aromatic N) is 5. The van der Waals surface area contributed by atoms with E-state index in [-0.39, 0.29) is 17.2 Å². The van der Waals surface area contributed by atoms with E-state index in [9.17, 15) is 0 Å². The van der Waals surface area contributed by atoms with Gasteiger partial charge in [0, 0.05) is 6.61 Å². The van der Waals surface area contributed by atoms with Crippen LogP contribution in [0.15, 0.2) is 18.2 Å². The highest BCUT2D eigenvalue weighted by Crippen LogP contribution is 2.16. The molecule has 3 aromatic rings. The van der Waals surface area contributed by atoms with E-state index in [1.165, 1.54) is 0 Å². The van der Waals surface area contributed by atoms with E-state index >= 15 is 0 Å². The smallest absolute Gasteiger partial charge is 0.332 e. The van der Waals surface area contributed by atoms with Crippen LogP contribution in [0.2, 0.25) is 5.15 Å².